The van der Waals surface area contributed by atoms with Crippen molar-refractivity contribution in [2.75, 3.05) is 16.8 Å². The Balaban J connectivity index is 2.17. The normalized spacial score (nSPS) is 16.7. The number of carbonyl (C=O) groups excluding carboxylic acids is 5. The highest BCUT2D eigenvalue weighted by Gasteiger charge is 2.34. The van der Waals surface area contributed by atoms with E-state index in [-0.39, 0.29) is 22.8 Å². The second kappa shape index (κ2) is 5.67. The average Bonchev–Trinajstić information content (AvgIpc) is 3.08. The summed E-state index contributed by atoms with van der Waals surface area (Å²) in [7, 11) is 1.56. The Morgan fingerprint density at radius 3 is 1.71 bits per heavy atom. The van der Waals surface area contributed by atoms with Crippen LogP contribution in [0.5, 0.6) is 0 Å². The summed E-state index contributed by atoms with van der Waals surface area (Å²) >= 11 is 0. The van der Waals surface area contributed by atoms with Crippen molar-refractivity contribution in [3.8, 4) is 0 Å². The lowest BCUT2D eigenvalue weighted by molar-refractivity contribution is -0.523. The number of rotatable bonds is 3. The minimum absolute atomic E-state index is 0.00750. The van der Waals surface area contributed by atoms with Crippen molar-refractivity contribution in [1.82, 2.24) is 0 Å². The molecule has 120 valence electrons. The van der Waals surface area contributed by atoms with Crippen LogP contribution < -0.4 is 15.1 Å². The quantitative estimate of drug-likeness (QED) is 0.708. The van der Waals surface area contributed by atoms with Crippen molar-refractivity contribution >= 4 is 40.9 Å². The molecular formula is C16H12N3O5+. The lowest BCUT2D eigenvalue weighted by Gasteiger charge is -2.23. The zero-order chi connectivity index (χ0) is 17.4. The smallest absolute Gasteiger partial charge is 0.281 e. The van der Waals surface area contributed by atoms with E-state index in [9.17, 15) is 24.0 Å². The zero-order valence-corrected chi connectivity index (χ0v) is 12.6. The van der Waals surface area contributed by atoms with Gasteiger partial charge in [-0.25, -0.2) is 14.6 Å². The van der Waals surface area contributed by atoms with Gasteiger partial charge in [0.25, 0.3) is 23.6 Å². The van der Waals surface area contributed by atoms with Crippen LogP contribution in [0.4, 0.5) is 11.4 Å². The van der Waals surface area contributed by atoms with Crippen molar-refractivity contribution in [3.05, 3.63) is 48.1 Å². The second-order valence-corrected chi connectivity index (χ2v) is 5.05. The van der Waals surface area contributed by atoms with E-state index in [1.807, 2.05) is 0 Å². The zero-order valence-electron chi connectivity index (χ0n) is 12.6. The molecular weight excluding hydrogens is 314 g/mol. The summed E-state index contributed by atoms with van der Waals surface area (Å²) in [5.41, 5.74) is 0.303. The van der Waals surface area contributed by atoms with Crippen LogP contribution in [0.1, 0.15) is 10.4 Å². The van der Waals surface area contributed by atoms with E-state index in [0.717, 1.165) is 34.1 Å². The van der Waals surface area contributed by atoms with Crippen LogP contribution >= 0.6 is 0 Å². The molecule has 0 saturated heterocycles. The van der Waals surface area contributed by atoms with Gasteiger partial charge in [0.05, 0.1) is 24.0 Å². The van der Waals surface area contributed by atoms with E-state index >= 15 is 0 Å². The maximum Gasteiger partial charge on any atom is 0.342 e. The number of amides is 5. The standard InChI is InChI=1S/C16H11N3O5/c1-17-16(24)9-2-3-10(18-12(20)4-5-13(18)21)11(8-9)19-14(22)6-7-15(19)23/h2-8H,1H3,(H,17,24)/p+1. The van der Waals surface area contributed by atoms with Gasteiger partial charge in [-0.3, -0.25) is 24.5 Å². The van der Waals surface area contributed by atoms with Crippen molar-refractivity contribution in [1.29, 1.82) is 0 Å². The number of carbonyl (C=O) groups is 5. The van der Waals surface area contributed by atoms with Gasteiger partial charge in [0, 0.05) is 24.3 Å². The first-order valence-corrected chi connectivity index (χ1v) is 7.04. The van der Waals surface area contributed by atoms with E-state index in [2.05, 4.69) is 0 Å². The van der Waals surface area contributed by atoms with Crippen LogP contribution in [-0.2, 0) is 19.2 Å². The van der Waals surface area contributed by atoms with Crippen LogP contribution in [0.2, 0.25) is 0 Å². The first-order valence-electron chi connectivity index (χ1n) is 7.04. The third-order valence-corrected chi connectivity index (χ3v) is 3.62. The molecule has 0 unspecified atom stereocenters. The van der Waals surface area contributed by atoms with Crippen LogP contribution in [0.3, 0.4) is 0 Å². The fraction of sp³-hybridized carbons (Fsp3) is 0.0625. The van der Waals surface area contributed by atoms with Gasteiger partial charge in [-0.1, -0.05) is 0 Å². The number of hydrogen-bond acceptors (Lipinski definition) is 5. The molecule has 3 rings (SSSR count). The number of anilines is 2. The van der Waals surface area contributed by atoms with Crippen LogP contribution in [-0.4, -0.2) is 36.6 Å². The van der Waals surface area contributed by atoms with Crippen LogP contribution in [0, 0.1) is 0 Å². The maximum absolute atomic E-state index is 12.0. The van der Waals surface area contributed by atoms with Crippen molar-refractivity contribution < 1.29 is 29.3 Å². The largest absolute Gasteiger partial charge is 0.342 e. The summed E-state index contributed by atoms with van der Waals surface area (Å²) in [5.74, 6) is -2.72. The maximum atomic E-state index is 12.0. The molecule has 0 bridgehead atoms. The Hall–Kier alpha value is -3.39. The first kappa shape index (κ1) is 15.5. The molecule has 0 spiro atoms. The fourth-order valence-corrected chi connectivity index (χ4v) is 2.49. The highest BCUT2D eigenvalue weighted by Crippen LogP contribution is 2.34. The van der Waals surface area contributed by atoms with Crippen molar-refractivity contribution in [3.63, 3.8) is 0 Å². The highest BCUT2D eigenvalue weighted by molar-refractivity contribution is 6.33. The van der Waals surface area contributed by atoms with E-state index in [1.54, 1.807) is 7.05 Å². The van der Waals surface area contributed by atoms with E-state index in [0.29, 0.717) is 0 Å². The molecule has 0 aliphatic carbocycles. The molecule has 1 aromatic carbocycles. The van der Waals surface area contributed by atoms with E-state index < -0.39 is 23.6 Å². The molecule has 2 N–H and O–H groups in total. The molecule has 1 aromatic rings. The van der Waals surface area contributed by atoms with Gasteiger partial charge in [-0.15, -0.1) is 0 Å². The van der Waals surface area contributed by atoms with Gasteiger partial charge in [0.1, 0.15) is 0 Å². The monoisotopic (exact) mass is 326 g/mol. The number of benzene rings is 1. The molecule has 8 nitrogen and oxygen atoms in total. The van der Waals surface area contributed by atoms with Gasteiger partial charge in [0.15, 0.2) is 0 Å². The molecule has 0 atom stereocenters. The highest BCUT2D eigenvalue weighted by atomic mass is 16.2. The molecule has 24 heavy (non-hydrogen) atoms. The minimum Gasteiger partial charge on any atom is -0.281 e. The predicted octanol–water partition coefficient (Wildman–Crippen LogP) is -1.12. The molecule has 5 amide bonds. The molecule has 0 fully saturated rings. The number of imide groups is 2. The number of primary amides is 1. The summed E-state index contributed by atoms with van der Waals surface area (Å²) in [6, 6.07) is 4.12. The van der Waals surface area contributed by atoms with E-state index in [1.165, 1.54) is 23.5 Å². The Morgan fingerprint density at radius 2 is 1.25 bits per heavy atom. The fourth-order valence-electron chi connectivity index (χ4n) is 2.49. The first-order chi connectivity index (χ1) is 11.4. The Labute approximate surface area is 136 Å². The predicted molar refractivity (Wildman–Crippen MR) is 81.9 cm³/mol. The Morgan fingerprint density at radius 1 is 0.792 bits per heavy atom. The summed E-state index contributed by atoms with van der Waals surface area (Å²) < 4.78 is 0. The molecule has 0 radical (unpaired) electrons. The number of quaternary nitrogens is 1. The summed E-state index contributed by atoms with van der Waals surface area (Å²) in [6.07, 6.45) is 4.35. The van der Waals surface area contributed by atoms with Crippen LogP contribution in [0.15, 0.2) is 42.5 Å². The van der Waals surface area contributed by atoms with Gasteiger partial charge >= 0.3 is 5.91 Å². The molecule has 2 aliphatic rings. The Bertz CT molecular complexity index is 832. The number of nitrogens with zero attached hydrogens (tertiary/aromatic N) is 2. The molecule has 8 heteroatoms. The molecule has 0 saturated carbocycles. The van der Waals surface area contributed by atoms with E-state index in [4.69, 9.17) is 0 Å². The van der Waals surface area contributed by atoms with Gasteiger partial charge < -0.3 is 0 Å². The summed E-state index contributed by atoms with van der Waals surface area (Å²) in [6.45, 7) is 0. The minimum atomic E-state index is -0.613. The van der Waals surface area contributed by atoms with Crippen molar-refractivity contribution in [2.45, 2.75) is 0 Å². The third-order valence-electron chi connectivity index (χ3n) is 3.62. The van der Waals surface area contributed by atoms with Crippen LogP contribution in [0.25, 0.3) is 0 Å². The number of hydrogen-bond donors (Lipinski definition) is 1. The third kappa shape index (κ3) is 2.34. The number of nitrogens with two attached hydrogens (primary N) is 1. The van der Waals surface area contributed by atoms with Gasteiger partial charge in [-0.05, 0) is 18.2 Å². The SMILES string of the molecule is C[NH2+]C(=O)c1ccc(N2C(=O)C=CC2=O)c(N2C(=O)C=CC2=O)c1. The molecule has 2 aliphatic heterocycles. The summed E-state index contributed by atoms with van der Waals surface area (Å²) in [4.78, 5) is 61.4. The molecule has 0 aromatic heterocycles. The Kier molecular flexibility index (Phi) is 3.66. The topological polar surface area (TPSA) is 108 Å². The van der Waals surface area contributed by atoms with Crippen molar-refractivity contribution in [2.24, 2.45) is 0 Å². The summed E-state index contributed by atoms with van der Waals surface area (Å²) in [5, 5.41) is 1.33. The van der Waals surface area contributed by atoms with Gasteiger partial charge in [0.2, 0.25) is 0 Å². The second-order valence-electron chi connectivity index (χ2n) is 5.05. The lowest BCUT2D eigenvalue weighted by atomic mass is 10.1. The lowest BCUT2D eigenvalue weighted by Crippen LogP contribution is -2.83. The molecule has 2 heterocycles. The van der Waals surface area contributed by atoms with Gasteiger partial charge in [-0.2, -0.15) is 0 Å². The average molecular weight is 326 g/mol.